The second-order valence-corrected chi connectivity index (χ2v) is 7.69. The summed E-state index contributed by atoms with van der Waals surface area (Å²) in [5, 5.41) is 1.93. The van der Waals surface area contributed by atoms with Gasteiger partial charge in [-0.15, -0.1) is 11.3 Å². The molecule has 0 radical (unpaired) electrons. The summed E-state index contributed by atoms with van der Waals surface area (Å²) in [7, 11) is 0. The zero-order valence-electron chi connectivity index (χ0n) is 12.0. The molecule has 0 atom stereocenters. The van der Waals surface area contributed by atoms with E-state index in [0.717, 1.165) is 23.5 Å². The Hall–Kier alpha value is -0.120. The van der Waals surface area contributed by atoms with Gasteiger partial charge in [0.05, 0.1) is 0 Å². The van der Waals surface area contributed by atoms with E-state index < -0.39 is 0 Å². The number of benzene rings is 1. The molecule has 0 fully saturated rings. The Morgan fingerprint density at radius 2 is 1.55 bits per heavy atom. The van der Waals surface area contributed by atoms with Crippen molar-refractivity contribution in [1.82, 2.24) is 0 Å². The molecular weight excluding hydrogens is 396 g/mol. The van der Waals surface area contributed by atoms with Gasteiger partial charge in [-0.3, -0.25) is 0 Å². The molecule has 0 nitrogen and oxygen atoms in total. The minimum atomic E-state index is 0.129. The first-order valence-corrected chi connectivity index (χ1v) is 9.96. The molecule has 0 aliphatic carbocycles. The minimum absolute atomic E-state index is 0.129. The quantitative estimate of drug-likeness (QED) is 0.516. The molecule has 1 aromatic heterocycles. The number of aryl methyl sites for hydroxylation is 2. The Balaban J connectivity index is 2.31. The molecule has 0 saturated heterocycles. The molecule has 20 heavy (non-hydrogen) atoms. The fourth-order valence-electron chi connectivity index (χ4n) is 2.33. The Morgan fingerprint density at radius 1 is 0.950 bits per heavy atom. The third-order valence-corrected chi connectivity index (χ3v) is 7.13. The van der Waals surface area contributed by atoms with Crippen molar-refractivity contribution >= 4 is 43.2 Å². The average molecular weight is 416 g/mol. The van der Waals surface area contributed by atoms with Crippen LogP contribution in [0.1, 0.15) is 27.8 Å². The minimum Gasteiger partial charge on any atom is -0.145 e. The summed E-state index contributed by atoms with van der Waals surface area (Å²) < 4.78 is 0. The Bertz CT molecular complexity index is 538. The van der Waals surface area contributed by atoms with Crippen LogP contribution in [-0.2, 0) is 18.3 Å². The van der Waals surface area contributed by atoms with E-state index in [2.05, 4.69) is 82.1 Å². The lowest BCUT2D eigenvalue weighted by molar-refractivity contribution is 0.556. The highest BCUT2D eigenvalue weighted by molar-refractivity contribution is 9.09. The van der Waals surface area contributed by atoms with E-state index in [9.17, 15) is 0 Å². The van der Waals surface area contributed by atoms with Crippen LogP contribution in [0.3, 0.4) is 0 Å². The first-order valence-electron chi connectivity index (χ1n) is 6.90. The first kappa shape index (κ1) is 16.3. The zero-order chi connectivity index (χ0) is 14.6. The van der Waals surface area contributed by atoms with Gasteiger partial charge in [-0.05, 0) is 37.5 Å². The van der Waals surface area contributed by atoms with Gasteiger partial charge in [-0.2, -0.15) is 0 Å². The molecule has 0 bridgehead atoms. The molecule has 0 spiro atoms. The van der Waals surface area contributed by atoms with Crippen LogP contribution in [0.4, 0.5) is 0 Å². The van der Waals surface area contributed by atoms with Crippen molar-refractivity contribution in [1.29, 1.82) is 0 Å². The lowest BCUT2D eigenvalue weighted by Crippen LogP contribution is -2.32. The molecule has 0 amide bonds. The largest absolute Gasteiger partial charge is 0.145 e. The average Bonchev–Trinajstić information content (AvgIpc) is 2.93. The van der Waals surface area contributed by atoms with Crippen LogP contribution in [0.15, 0.2) is 36.4 Å². The van der Waals surface area contributed by atoms with E-state index in [-0.39, 0.29) is 5.41 Å². The monoisotopic (exact) mass is 414 g/mol. The molecule has 0 aliphatic heterocycles. The van der Waals surface area contributed by atoms with E-state index in [1.54, 1.807) is 0 Å². The van der Waals surface area contributed by atoms with E-state index in [1.165, 1.54) is 20.9 Å². The molecule has 2 aromatic rings. The summed E-state index contributed by atoms with van der Waals surface area (Å²) in [4.78, 5) is 2.95. The molecule has 0 aliphatic rings. The maximum absolute atomic E-state index is 3.74. The fourth-order valence-corrected chi connectivity index (χ4v) is 5.41. The molecule has 1 heterocycles. The van der Waals surface area contributed by atoms with Gasteiger partial charge in [0.1, 0.15) is 0 Å². The second kappa shape index (κ2) is 7.24. The molecule has 2 rings (SSSR count). The Morgan fingerprint density at radius 3 is 2.05 bits per heavy atom. The van der Waals surface area contributed by atoms with Crippen LogP contribution in [0.25, 0.3) is 0 Å². The summed E-state index contributed by atoms with van der Waals surface area (Å²) in [6.45, 7) is 4.36. The molecule has 0 N–H and O–H groups in total. The van der Waals surface area contributed by atoms with Gasteiger partial charge < -0.3 is 0 Å². The SMILES string of the molecule is CCc1ccc(CC(CBr)(CBr)c2ccc(C)cc2)s1. The van der Waals surface area contributed by atoms with Gasteiger partial charge in [-0.1, -0.05) is 68.6 Å². The number of hydrogen-bond donors (Lipinski definition) is 0. The standard InChI is InChI=1S/C17H20Br2S/c1-3-15-8-9-16(20-15)10-17(11-18,12-19)14-6-4-13(2)5-7-14/h4-9H,3,10-12H2,1-2H3. The van der Waals surface area contributed by atoms with Crippen molar-refractivity contribution in [3.63, 3.8) is 0 Å². The number of rotatable bonds is 6. The maximum Gasteiger partial charge on any atom is 0.0195 e. The summed E-state index contributed by atoms with van der Waals surface area (Å²) >= 11 is 9.44. The van der Waals surface area contributed by atoms with Crippen molar-refractivity contribution in [2.75, 3.05) is 10.7 Å². The Kier molecular flexibility index (Phi) is 5.88. The molecular formula is C17H20Br2S. The van der Waals surface area contributed by atoms with Crippen molar-refractivity contribution < 1.29 is 0 Å². The number of alkyl halides is 2. The van der Waals surface area contributed by atoms with Gasteiger partial charge >= 0.3 is 0 Å². The smallest absolute Gasteiger partial charge is 0.0195 e. The second-order valence-electron chi connectivity index (χ2n) is 5.31. The molecule has 3 heteroatoms. The summed E-state index contributed by atoms with van der Waals surface area (Å²) in [6.07, 6.45) is 2.21. The van der Waals surface area contributed by atoms with Crippen molar-refractivity contribution in [3.8, 4) is 0 Å². The van der Waals surface area contributed by atoms with Crippen LogP contribution in [0.2, 0.25) is 0 Å². The number of halogens is 2. The van der Waals surface area contributed by atoms with E-state index in [0.29, 0.717) is 0 Å². The zero-order valence-corrected chi connectivity index (χ0v) is 15.9. The highest BCUT2D eigenvalue weighted by Gasteiger charge is 2.31. The van der Waals surface area contributed by atoms with Crippen LogP contribution < -0.4 is 0 Å². The number of thiophene rings is 1. The first-order chi connectivity index (χ1) is 9.63. The molecule has 1 aromatic carbocycles. The fraction of sp³-hybridized carbons (Fsp3) is 0.412. The third kappa shape index (κ3) is 3.55. The molecule has 108 valence electrons. The highest BCUT2D eigenvalue weighted by atomic mass is 79.9. The van der Waals surface area contributed by atoms with Gasteiger partial charge in [-0.25, -0.2) is 0 Å². The van der Waals surface area contributed by atoms with Crippen LogP contribution in [-0.4, -0.2) is 10.7 Å². The van der Waals surface area contributed by atoms with E-state index in [1.807, 2.05) is 11.3 Å². The van der Waals surface area contributed by atoms with Crippen LogP contribution >= 0.6 is 43.2 Å². The molecule has 0 unspecified atom stereocenters. The van der Waals surface area contributed by atoms with E-state index >= 15 is 0 Å². The van der Waals surface area contributed by atoms with Crippen LogP contribution in [0.5, 0.6) is 0 Å². The predicted molar refractivity (Wildman–Crippen MR) is 97.8 cm³/mol. The lowest BCUT2D eigenvalue weighted by Gasteiger charge is -2.30. The van der Waals surface area contributed by atoms with Gasteiger partial charge in [0.15, 0.2) is 0 Å². The summed E-state index contributed by atoms with van der Waals surface area (Å²) in [5.41, 5.74) is 2.85. The van der Waals surface area contributed by atoms with Crippen molar-refractivity contribution in [2.45, 2.75) is 32.1 Å². The number of hydrogen-bond acceptors (Lipinski definition) is 1. The molecule has 0 saturated carbocycles. The highest BCUT2D eigenvalue weighted by Crippen LogP contribution is 2.35. The Labute approximate surface area is 142 Å². The lowest BCUT2D eigenvalue weighted by atomic mass is 9.80. The van der Waals surface area contributed by atoms with Crippen LogP contribution in [0, 0.1) is 6.92 Å². The van der Waals surface area contributed by atoms with Crippen molar-refractivity contribution in [3.05, 3.63) is 57.3 Å². The predicted octanol–water partition coefficient (Wildman–Crippen LogP) is 5.89. The normalized spacial score (nSPS) is 11.8. The van der Waals surface area contributed by atoms with Gasteiger partial charge in [0, 0.05) is 25.8 Å². The van der Waals surface area contributed by atoms with Crippen molar-refractivity contribution in [2.24, 2.45) is 0 Å². The van der Waals surface area contributed by atoms with Gasteiger partial charge in [0.2, 0.25) is 0 Å². The third-order valence-electron chi connectivity index (χ3n) is 3.75. The van der Waals surface area contributed by atoms with E-state index in [4.69, 9.17) is 0 Å². The summed E-state index contributed by atoms with van der Waals surface area (Å²) in [5.74, 6) is 0. The van der Waals surface area contributed by atoms with Gasteiger partial charge in [0.25, 0.3) is 0 Å². The topological polar surface area (TPSA) is 0 Å². The maximum atomic E-state index is 3.74. The summed E-state index contributed by atoms with van der Waals surface area (Å²) in [6, 6.07) is 13.5.